The van der Waals surface area contributed by atoms with E-state index >= 15 is 0 Å². The number of thiophene rings is 2. The van der Waals surface area contributed by atoms with E-state index in [2.05, 4.69) is 380 Å². The lowest BCUT2D eigenvalue weighted by atomic mass is 9.30. The fourth-order valence-corrected chi connectivity index (χ4v) is 23.1. The fraction of sp³-hybridized carbons (Fsp3) is 0.293. The zero-order chi connectivity index (χ0) is 78.6. The molecule has 6 aliphatic rings. The van der Waals surface area contributed by atoms with E-state index < -0.39 is 0 Å². The molecule has 0 spiro atoms. The SMILES string of the molecule is CSN1c2cc3c(cc2B2c4cc5c(cc4N(c4ccc(C(C)(C)C)cc4)c4cc(C)cc1c42)N(SC)c1cc(C)cc2c1B5c1sc4ccc(C(C)(C)C)cc4c1N2c1ccc(C(C)(C)C)cc1)B1c2sc4ccc(C(C)(C)C)cc4c2N(c2ccc(C(C)(C)C)cc2)c2cc(C)cc(c21)N3c1ccc(C(C)(C)C)cc1. The highest BCUT2D eigenvalue weighted by Crippen LogP contribution is 2.55. The number of benzene rings is 11. The molecule has 0 unspecified atom stereocenters. The summed E-state index contributed by atoms with van der Waals surface area (Å²) in [5.74, 6) is 0. The average Bonchev–Trinajstić information content (AvgIpc) is 1.24. The van der Waals surface area contributed by atoms with E-state index in [1.165, 1.54) is 198 Å². The summed E-state index contributed by atoms with van der Waals surface area (Å²) in [4.78, 5) is 10.7. The molecule has 0 bridgehead atoms. The molecule has 560 valence electrons. The Labute approximate surface area is 683 Å². The Hall–Kier alpha value is -8.97. The third kappa shape index (κ3) is 11.2. The first kappa shape index (κ1) is 73.2. The smallest absolute Gasteiger partial charge is 0.264 e. The third-order valence-corrected chi connectivity index (χ3v) is 29.0. The molecule has 0 amide bonds. The van der Waals surface area contributed by atoms with Gasteiger partial charge in [0.05, 0.1) is 22.7 Å². The number of hydrogen-bond acceptors (Lipinski definition) is 10. The molecule has 6 aliphatic heterocycles. The van der Waals surface area contributed by atoms with Gasteiger partial charge in [-0.05, 0) is 287 Å². The van der Waals surface area contributed by atoms with Crippen LogP contribution in [-0.2, 0) is 32.5 Å². The van der Waals surface area contributed by atoms with Gasteiger partial charge >= 0.3 is 0 Å². The molecule has 6 nitrogen and oxygen atoms in total. The lowest BCUT2D eigenvalue weighted by Crippen LogP contribution is -2.66. The van der Waals surface area contributed by atoms with Crippen molar-refractivity contribution in [1.82, 2.24) is 0 Å². The van der Waals surface area contributed by atoms with Crippen LogP contribution in [0.1, 0.15) is 175 Å². The highest BCUT2D eigenvalue weighted by molar-refractivity contribution is 8.00. The normalized spacial score (nSPS) is 14.8. The van der Waals surface area contributed by atoms with Crippen molar-refractivity contribution in [3.63, 3.8) is 0 Å². The van der Waals surface area contributed by atoms with Gasteiger partial charge in [0, 0.05) is 110 Å². The molecule has 0 saturated heterocycles. The molecule has 0 aliphatic carbocycles. The average molecular weight is 1540 g/mol. The van der Waals surface area contributed by atoms with Crippen molar-refractivity contribution in [1.29, 1.82) is 0 Å². The summed E-state index contributed by atoms with van der Waals surface area (Å²) in [5.41, 5.74) is 40.4. The minimum Gasteiger partial charge on any atom is -0.311 e. The van der Waals surface area contributed by atoms with Gasteiger partial charge < -0.3 is 19.6 Å². The van der Waals surface area contributed by atoms with Crippen LogP contribution in [0.15, 0.2) is 194 Å². The lowest BCUT2D eigenvalue weighted by Gasteiger charge is -2.47. The molecule has 0 radical (unpaired) electrons. The van der Waals surface area contributed by atoms with Crippen molar-refractivity contribution in [2.75, 3.05) is 40.7 Å². The number of rotatable bonds is 6. The minimum absolute atomic E-state index is 0.000486. The molecule has 19 rings (SSSR count). The molecule has 0 atom stereocenters. The molecule has 8 heterocycles. The third-order valence-electron chi connectivity index (χ3n) is 25.0. The summed E-state index contributed by atoms with van der Waals surface area (Å²) in [6, 6.07) is 78.9. The highest BCUT2D eigenvalue weighted by Gasteiger charge is 2.52. The van der Waals surface area contributed by atoms with Gasteiger partial charge in [0.1, 0.15) is 0 Å². The highest BCUT2D eigenvalue weighted by atomic mass is 32.2. The second-order valence-corrected chi connectivity index (χ2v) is 42.6. The first-order valence-corrected chi connectivity index (χ1v) is 44.2. The van der Waals surface area contributed by atoms with Crippen LogP contribution in [0, 0.1) is 20.8 Å². The van der Waals surface area contributed by atoms with Gasteiger partial charge in [-0.1, -0.05) is 197 Å². The quantitative estimate of drug-likeness (QED) is 0.120. The zero-order valence-electron chi connectivity index (χ0n) is 69.5. The molecule has 13 aromatic rings. The van der Waals surface area contributed by atoms with E-state index in [0.717, 1.165) is 11.4 Å². The molecule has 112 heavy (non-hydrogen) atoms. The zero-order valence-corrected chi connectivity index (χ0v) is 72.8. The van der Waals surface area contributed by atoms with Crippen LogP contribution >= 0.6 is 46.6 Å². The predicted octanol–water partition coefficient (Wildman–Crippen LogP) is 23.0. The predicted molar refractivity (Wildman–Crippen MR) is 501 cm³/mol. The Balaban J connectivity index is 0.920. The Morgan fingerprint density at radius 2 is 0.518 bits per heavy atom. The van der Waals surface area contributed by atoms with E-state index in [0.29, 0.717) is 0 Å². The van der Waals surface area contributed by atoms with Gasteiger partial charge in [0.25, 0.3) is 20.1 Å². The molecule has 0 fully saturated rings. The summed E-state index contributed by atoms with van der Waals surface area (Å²) in [6.07, 6.45) is 4.59. The Bertz CT molecular complexity index is 6130. The monoisotopic (exact) mass is 1530 g/mol. The van der Waals surface area contributed by atoms with E-state index in [1.807, 2.05) is 46.6 Å². The maximum atomic E-state index is 2.75. The van der Waals surface area contributed by atoms with Crippen LogP contribution < -0.4 is 76.0 Å². The van der Waals surface area contributed by atoms with Crippen molar-refractivity contribution < 1.29 is 0 Å². The van der Waals surface area contributed by atoms with Gasteiger partial charge in [-0.25, -0.2) is 0 Å². The van der Waals surface area contributed by atoms with E-state index in [4.69, 9.17) is 0 Å². The summed E-state index contributed by atoms with van der Waals surface area (Å²) >= 11 is 7.67. The fourth-order valence-electron chi connectivity index (χ4n) is 19.1. The first-order chi connectivity index (χ1) is 53.0. The maximum absolute atomic E-state index is 2.75. The summed E-state index contributed by atoms with van der Waals surface area (Å²) in [6.45, 7) is 48.7. The van der Waals surface area contributed by atoms with E-state index in [-0.39, 0.29) is 52.6 Å². The number of aryl methyl sites for hydroxylation is 3. The molecule has 11 aromatic carbocycles. The Morgan fingerprint density at radius 1 is 0.259 bits per heavy atom. The number of hydrogen-bond donors (Lipinski definition) is 0. The van der Waals surface area contributed by atoms with Crippen molar-refractivity contribution >= 4 is 226 Å². The Kier molecular flexibility index (Phi) is 16.4. The molecule has 13 heteroatoms. The number of nitrogens with zero attached hydrogens (tertiary/aromatic N) is 6. The largest absolute Gasteiger partial charge is 0.311 e. The van der Waals surface area contributed by atoms with Gasteiger partial charge in [0.2, 0.25) is 0 Å². The van der Waals surface area contributed by atoms with Crippen molar-refractivity contribution in [2.45, 2.75) is 178 Å². The summed E-state index contributed by atoms with van der Waals surface area (Å²) in [7, 11) is 0. The molecule has 0 N–H and O–H groups in total. The summed E-state index contributed by atoms with van der Waals surface area (Å²) in [5, 5.41) is 2.62. The minimum atomic E-state index is -0.185. The molecule has 0 saturated carbocycles. The van der Waals surface area contributed by atoms with Crippen LogP contribution in [0.3, 0.4) is 0 Å². The topological polar surface area (TPSA) is 19.4 Å². The Morgan fingerprint density at radius 3 is 0.839 bits per heavy atom. The van der Waals surface area contributed by atoms with Crippen molar-refractivity contribution in [2.24, 2.45) is 0 Å². The van der Waals surface area contributed by atoms with Crippen molar-refractivity contribution in [3.8, 4) is 0 Å². The number of anilines is 16. The van der Waals surface area contributed by atoms with Gasteiger partial charge in [-0.15, -0.1) is 22.7 Å². The molecule has 2 aromatic heterocycles. The summed E-state index contributed by atoms with van der Waals surface area (Å²) < 4.78 is 10.6. The van der Waals surface area contributed by atoms with Gasteiger partial charge in [-0.2, -0.15) is 0 Å². The van der Waals surface area contributed by atoms with Crippen molar-refractivity contribution in [3.05, 3.63) is 244 Å². The molecular weight excluding hydrogens is 1430 g/mol. The second kappa shape index (κ2) is 25.0. The standard InChI is InChI=1S/C99H101B3N6S4/c1-56-44-79-87-81(46-56)105(67-38-28-61(29-39-67)96(10,11)12)90-69-50-63(98(16,17)18)32-42-85(69)111-92(90)101(87)72-53-73-77(55-76(72)104(79)66-36-26-60(27-37-66)95(7,8)9)107(109-22)83-48-57(2)45-80-88(83)100(73)71-52-74-78(54-75(71)103(80)65-34-24-59(25-35-65)94(4,5)6)108(110-23)84-49-58(3)47-82-89(84)102(74)93-91(70-51-64(99(19,20)21)33-43-86(70)112-93)106(82)68-40-30-62(31-41-68)97(13,14)15/h24-55H,1-23H3. The maximum Gasteiger partial charge on any atom is 0.264 e. The van der Waals surface area contributed by atoms with E-state index in [9.17, 15) is 0 Å². The first-order valence-electron chi connectivity index (χ1n) is 40.2. The van der Waals surface area contributed by atoms with Crippen LogP contribution in [0.2, 0.25) is 0 Å². The van der Waals surface area contributed by atoms with Crippen LogP contribution in [0.25, 0.3) is 20.2 Å². The van der Waals surface area contributed by atoms with Gasteiger partial charge in [-0.3, -0.25) is 8.61 Å². The van der Waals surface area contributed by atoms with Crippen LogP contribution in [0.5, 0.6) is 0 Å². The lowest BCUT2D eigenvalue weighted by molar-refractivity contribution is 0.590. The van der Waals surface area contributed by atoms with Crippen LogP contribution in [0.4, 0.5) is 91.0 Å². The van der Waals surface area contributed by atoms with Gasteiger partial charge in [0.15, 0.2) is 0 Å². The van der Waals surface area contributed by atoms with E-state index in [1.54, 1.807) is 0 Å². The second-order valence-electron chi connectivity index (χ2n) is 38.9. The molecular formula is C99H101B3N6S4. The van der Waals surface area contributed by atoms with Crippen LogP contribution in [-0.4, -0.2) is 32.6 Å². The number of fused-ring (bicyclic) bond motifs is 16.